The fourth-order valence-corrected chi connectivity index (χ4v) is 1.15. The van der Waals surface area contributed by atoms with Crippen molar-refractivity contribution in [3.63, 3.8) is 0 Å². The Labute approximate surface area is 95.1 Å². The van der Waals surface area contributed by atoms with Gasteiger partial charge in [-0.1, -0.05) is 0 Å². The Morgan fingerprint density at radius 1 is 1.62 bits per heavy atom. The molecule has 0 aliphatic rings. The van der Waals surface area contributed by atoms with E-state index in [0.29, 0.717) is 6.54 Å². The van der Waals surface area contributed by atoms with Crippen LogP contribution < -0.4 is 5.32 Å². The van der Waals surface area contributed by atoms with Gasteiger partial charge in [-0.25, -0.2) is 4.98 Å². The maximum absolute atomic E-state index is 11.5. The van der Waals surface area contributed by atoms with Crippen molar-refractivity contribution in [3.8, 4) is 6.07 Å². The highest BCUT2D eigenvalue weighted by Crippen LogP contribution is 2.12. The maximum atomic E-state index is 11.5. The number of aromatic nitrogens is 2. The molecule has 0 radical (unpaired) electrons. The second-order valence-corrected chi connectivity index (χ2v) is 4.15. The number of carbonyl (C=O) groups is 1. The van der Waals surface area contributed by atoms with E-state index in [1.54, 1.807) is 26.4 Å². The lowest BCUT2D eigenvalue weighted by molar-refractivity contribution is -0.126. The molecule has 16 heavy (non-hydrogen) atoms. The molecule has 0 fully saturated rings. The Morgan fingerprint density at radius 3 is 2.94 bits per heavy atom. The van der Waals surface area contributed by atoms with Crippen molar-refractivity contribution in [2.45, 2.75) is 26.8 Å². The molecule has 0 aromatic carbocycles. The summed E-state index contributed by atoms with van der Waals surface area (Å²) >= 11 is 0. The molecule has 1 aromatic rings. The van der Waals surface area contributed by atoms with Crippen molar-refractivity contribution in [1.82, 2.24) is 14.9 Å². The highest BCUT2D eigenvalue weighted by atomic mass is 16.2. The molecule has 5 nitrogen and oxygen atoms in total. The summed E-state index contributed by atoms with van der Waals surface area (Å²) in [7, 11) is 0. The first-order valence-electron chi connectivity index (χ1n) is 5.21. The van der Waals surface area contributed by atoms with Crippen LogP contribution in [0.1, 0.15) is 20.3 Å². The van der Waals surface area contributed by atoms with Gasteiger partial charge < -0.3 is 9.88 Å². The highest BCUT2D eigenvalue weighted by Gasteiger charge is 2.26. The van der Waals surface area contributed by atoms with Crippen LogP contribution in [-0.2, 0) is 11.3 Å². The van der Waals surface area contributed by atoms with E-state index in [1.807, 2.05) is 16.8 Å². The third kappa shape index (κ3) is 3.39. The van der Waals surface area contributed by atoms with Crippen LogP contribution in [0.25, 0.3) is 0 Å². The smallest absolute Gasteiger partial charge is 0.239 e. The van der Waals surface area contributed by atoms with Gasteiger partial charge in [0.05, 0.1) is 12.4 Å². The van der Waals surface area contributed by atoms with E-state index in [2.05, 4.69) is 10.3 Å². The number of hydrogen-bond donors (Lipinski definition) is 1. The first kappa shape index (κ1) is 12.2. The monoisotopic (exact) mass is 220 g/mol. The Balaban J connectivity index is 2.22. The number of nitriles is 1. The molecule has 1 N–H and O–H groups in total. The normalized spacial score (nSPS) is 10.8. The van der Waals surface area contributed by atoms with Crippen LogP contribution in [-0.4, -0.2) is 22.0 Å². The topological polar surface area (TPSA) is 70.7 Å². The fourth-order valence-electron chi connectivity index (χ4n) is 1.15. The van der Waals surface area contributed by atoms with Gasteiger partial charge in [0, 0.05) is 25.5 Å². The third-order valence-corrected chi connectivity index (χ3v) is 2.29. The van der Waals surface area contributed by atoms with Gasteiger partial charge in [0.15, 0.2) is 0 Å². The molecule has 0 atom stereocenters. The lowest BCUT2D eigenvalue weighted by Gasteiger charge is -2.14. The van der Waals surface area contributed by atoms with Gasteiger partial charge in [-0.2, -0.15) is 5.26 Å². The van der Waals surface area contributed by atoms with E-state index >= 15 is 0 Å². The molecule has 0 saturated carbocycles. The van der Waals surface area contributed by atoms with Crippen LogP contribution in [0, 0.1) is 16.7 Å². The van der Waals surface area contributed by atoms with E-state index in [1.165, 1.54) is 0 Å². The van der Waals surface area contributed by atoms with E-state index in [4.69, 9.17) is 5.26 Å². The number of carbonyl (C=O) groups excluding carboxylic acids is 1. The molecule has 0 unspecified atom stereocenters. The Morgan fingerprint density at radius 2 is 2.38 bits per heavy atom. The minimum absolute atomic E-state index is 0.222. The average Bonchev–Trinajstić information content (AvgIpc) is 2.76. The second-order valence-electron chi connectivity index (χ2n) is 4.15. The lowest BCUT2D eigenvalue weighted by Crippen LogP contribution is -2.36. The standard InChI is InChI=1S/C11H16N4O/c1-11(2,8-12)10(16)14-4-3-6-15-7-5-13-9-15/h5,7,9H,3-4,6H2,1-2H3,(H,14,16). The fraction of sp³-hybridized carbons (Fsp3) is 0.545. The molecule has 1 amide bonds. The number of amides is 1. The van der Waals surface area contributed by atoms with Gasteiger partial charge in [0.1, 0.15) is 5.41 Å². The van der Waals surface area contributed by atoms with Gasteiger partial charge in [-0.15, -0.1) is 0 Å². The van der Waals surface area contributed by atoms with Crippen LogP contribution in [0.15, 0.2) is 18.7 Å². The first-order valence-corrected chi connectivity index (χ1v) is 5.21. The summed E-state index contributed by atoms with van der Waals surface area (Å²) in [5.41, 5.74) is -0.949. The molecular weight excluding hydrogens is 204 g/mol. The third-order valence-electron chi connectivity index (χ3n) is 2.29. The zero-order valence-corrected chi connectivity index (χ0v) is 9.60. The van der Waals surface area contributed by atoms with Crippen LogP contribution in [0.5, 0.6) is 0 Å². The van der Waals surface area contributed by atoms with E-state index in [-0.39, 0.29) is 5.91 Å². The van der Waals surface area contributed by atoms with Gasteiger partial charge >= 0.3 is 0 Å². The van der Waals surface area contributed by atoms with E-state index in [0.717, 1.165) is 13.0 Å². The molecule has 0 bridgehead atoms. The molecule has 0 saturated heterocycles. The Hall–Kier alpha value is -1.83. The van der Waals surface area contributed by atoms with Crippen LogP contribution >= 0.6 is 0 Å². The van der Waals surface area contributed by atoms with Gasteiger partial charge in [0.2, 0.25) is 5.91 Å². The summed E-state index contributed by atoms with van der Waals surface area (Å²) < 4.78 is 1.95. The molecule has 0 spiro atoms. The summed E-state index contributed by atoms with van der Waals surface area (Å²) in [6.07, 6.45) is 6.16. The Kier molecular flexibility index (Phi) is 4.06. The quantitative estimate of drug-likeness (QED) is 0.751. The molecule has 0 aliphatic carbocycles. The molecule has 1 aromatic heterocycles. The largest absolute Gasteiger partial charge is 0.355 e. The van der Waals surface area contributed by atoms with Crippen molar-refractivity contribution in [3.05, 3.63) is 18.7 Å². The predicted octanol–water partition coefficient (Wildman–Crippen LogP) is 0.939. The van der Waals surface area contributed by atoms with Crippen molar-refractivity contribution in [1.29, 1.82) is 5.26 Å². The second kappa shape index (κ2) is 5.31. The number of nitrogens with one attached hydrogen (secondary N) is 1. The number of rotatable bonds is 5. The summed E-state index contributed by atoms with van der Waals surface area (Å²) in [5, 5.41) is 11.5. The Bertz CT molecular complexity index is 375. The minimum atomic E-state index is -0.949. The summed E-state index contributed by atoms with van der Waals surface area (Å²) in [4.78, 5) is 15.4. The molecule has 1 rings (SSSR count). The zero-order valence-electron chi connectivity index (χ0n) is 9.60. The van der Waals surface area contributed by atoms with Crippen LogP contribution in [0.3, 0.4) is 0 Å². The summed E-state index contributed by atoms with van der Waals surface area (Å²) in [6, 6.07) is 1.97. The predicted molar refractivity (Wildman–Crippen MR) is 59.2 cm³/mol. The number of imidazole rings is 1. The molecule has 1 heterocycles. The van der Waals surface area contributed by atoms with E-state index in [9.17, 15) is 4.79 Å². The number of aryl methyl sites for hydroxylation is 1. The molecular formula is C11H16N4O. The maximum Gasteiger partial charge on any atom is 0.239 e. The summed E-state index contributed by atoms with van der Waals surface area (Å²) in [6.45, 7) is 4.60. The zero-order chi connectivity index (χ0) is 12.0. The first-order chi connectivity index (χ1) is 7.56. The van der Waals surface area contributed by atoms with Crippen LogP contribution in [0.2, 0.25) is 0 Å². The van der Waals surface area contributed by atoms with Crippen molar-refractivity contribution < 1.29 is 4.79 Å². The highest BCUT2D eigenvalue weighted by molar-refractivity contribution is 5.84. The molecule has 86 valence electrons. The molecule has 0 aliphatic heterocycles. The molecule has 5 heteroatoms. The number of nitrogens with zero attached hydrogens (tertiary/aromatic N) is 3. The van der Waals surface area contributed by atoms with Crippen molar-refractivity contribution >= 4 is 5.91 Å². The summed E-state index contributed by atoms with van der Waals surface area (Å²) in [5.74, 6) is -0.222. The minimum Gasteiger partial charge on any atom is -0.355 e. The van der Waals surface area contributed by atoms with E-state index < -0.39 is 5.41 Å². The van der Waals surface area contributed by atoms with Gasteiger partial charge in [0.25, 0.3) is 0 Å². The van der Waals surface area contributed by atoms with Gasteiger partial charge in [-0.05, 0) is 20.3 Å². The van der Waals surface area contributed by atoms with Crippen molar-refractivity contribution in [2.75, 3.05) is 6.54 Å². The SMILES string of the molecule is CC(C)(C#N)C(=O)NCCCn1ccnc1. The van der Waals surface area contributed by atoms with Gasteiger partial charge in [-0.3, -0.25) is 4.79 Å². The van der Waals surface area contributed by atoms with Crippen LogP contribution in [0.4, 0.5) is 0 Å². The lowest BCUT2D eigenvalue weighted by atomic mass is 9.95. The van der Waals surface area contributed by atoms with Crippen molar-refractivity contribution in [2.24, 2.45) is 5.41 Å². The average molecular weight is 220 g/mol. The number of hydrogen-bond acceptors (Lipinski definition) is 3.